The van der Waals surface area contributed by atoms with Gasteiger partial charge in [0.15, 0.2) is 5.82 Å². The maximum atomic E-state index is 5.81. The normalized spacial score (nSPS) is 20.9. The Kier molecular flexibility index (Phi) is 5.67. The van der Waals surface area contributed by atoms with E-state index in [1.165, 1.54) is 19.4 Å². The molecule has 0 atom stereocenters. The van der Waals surface area contributed by atoms with Gasteiger partial charge >= 0.3 is 0 Å². The van der Waals surface area contributed by atoms with Crippen LogP contribution in [0.2, 0.25) is 0 Å². The van der Waals surface area contributed by atoms with Crippen LogP contribution >= 0.6 is 0 Å². The Labute approximate surface area is 138 Å². The number of hydrogen-bond acceptors (Lipinski definition) is 6. The fourth-order valence-corrected chi connectivity index (χ4v) is 3.32. The topological polar surface area (TPSA) is 50.7 Å². The minimum absolute atomic E-state index is 0.115. The minimum atomic E-state index is 0.115. The summed E-state index contributed by atoms with van der Waals surface area (Å²) in [5.74, 6) is 2.33. The molecule has 0 bridgehead atoms. The van der Waals surface area contributed by atoms with E-state index in [0.717, 1.165) is 51.1 Å². The molecule has 6 heteroatoms. The lowest BCUT2D eigenvalue weighted by Crippen LogP contribution is -2.43. The van der Waals surface area contributed by atoms with Gasteiger partial charge in [-0.2, -0.15) is 0 Å². The van der Waals surface area contributed by atoms with Gasteiger partial charge in [0.05, 0.1) is 19.3 Å². The molecule has 3 rings (SSSR count). The first kappa shape index (κ1) is 16.5. The van der Waals surface area contributed by atoms with E-state index < -0.39 is 0 Å². The zero-order valence-corrected chi connectivity index (χ0v) is 14.3. The quantitative estimate of drug-likeness (QED) is 0.825. The first-order valence-corrected chi connectivity index (χ1v) is 8.75. The van der Waals surface area contributed by atoms with Crippen molar-refractivity contribution in [2.24, 2.45) is 5.92 Å². The Hall–Kier alpha value is -1.40. The molecule has 0 aromatic carbocycles. The average Bonchev–Trinajstić information content (AvgIpc) is 2.57. The van der Waals surface area contributed by atoms with Gasteiger partial charge in [-0.15, -0.1) is 0 Å². The van der Waals surface area contributed by atoms with Gasteiger partial charge in [0, 0.05) is 45.1 Å². The van der Waals surface area contributed by atoms with Crippen molar-refractivity contribution in [3.8, 4) is 5.88 Å². The van der Waals surface area contributed by atoms with Gasteiger partial charge in [0.2, 0.25) is 0 Å². The molecule has 23 heavy (non-hydrogen) atoms. The molecule has 2 fully saturated rings. The molecule has 2 saturated heterocycles. The second kappa shape index (κ2) is 7.93. The van der Waals surface area contributed by atoms with Gasteiger partial charge in [-0.1, -0.05) is 0 Å². The summed E-state index contributed by atoms with van der Waals surface area (Å²) in [5.41, 5.74) is 0. The summed E-state index contributed by atoms with van der Waals surface area (Å²) in [5, 5.41) is 0. The van der Waals surface area contributed by atoms with E-state index in [4.69, 9.17) is 9.47 Å². The summed E-state index contributed by atoms with van der Waals surface area (Å²) in [6.45, 7) is 11.2. The third-order valence-electron chi connectivity index (χ3n) is 4.53. The number of piperidine rings is 1. The summed E-state index contributed by atoms with van der Waals surface area (Å²) in [6, 6.07) is 0. The molecule has 6 nitrogen and oxygen atoms in total. The largest absolute Gasteiger partial charge is 0.472 e. The summed E-state index contributed by atoms with van der Waals surface area (Å²) < 4.78 is 11.2. The van der Waals surface area contributed by atoms with Crippen LogP contribution in [0.15, 0.2) is 12.4 Å². The van der Waals surface area contributed by atoms with E-state index in [2.05, 4.69) is 19.8 Å². The average molecular weight is 320 g/mol. The van der Waals surface area contributed by atoms with Crippen molar-refractivity contribution >= 4 is 5.82 Å². The first-order chi connectivity index (χ1) is 11.2. The number of hydrogen-bond donors (Lipinski definition) is 0. The van der Waals surface area contributed by atoms with Gasteiger partial charge in [-0.25, -0.2) is 9.97 Å². The van der Waals surface area contributed by atoms with E-state index in [9.17, 15) is 0 Å². The zero-order chi connectivity index (χ0) is 16.1. The van der Waals surface area contributed by atoms with Crippen molar-refractivity contribution in [3.05, 3.63) is 12.4 Å². The highest BCUT2D eigenvalue weighted by Crippen LogP contribution is 2.28. The molecule has 0 saturated carbocycles. The minimum Gasteiger partial charge on any atom is -0.472 e. The zero-order valence-electron chi connectivity index (χ0n) is 14.3. The van der Waals surface area contributed by atoms with Gasteiger partial charge in [-0.3, -0.25) is 4.90 Å². The smallest absolute Gasteiger partial charge is 0.257 e. The van der Waals surface area contributed by atoms with Crippen LogP contribution in [0, 0.1) is 5.92 Å². The van der Waals surface area contributed by atoms with Crippen LogP contribution < -0.4 is 9.64 Å². The Balaban J connectivity index is 1.54. The molecular formula is C17H28N4O2. The van der Waals surface area contributed by atoms with Crippen molar-refractivity contribution in [2.45, 2.75) is 32.8 Å². The number of rotatable bonds is 5. The molecule has 0 unspecified atom stereocenters. The highest BCUT2D eigenvalue weighted by molar-refractivity contribution is 5.48. The highest BCUT2D eigenvalue weighted by Gasteiger charge is 2.25. The molecule has 0 N–H and O–H groups in total. The Morgan fingerprint density at radius 1 is 1.13 bits per heavy atom. The third kappa shape index (κ3) is 4.54. The number of aromatic nitrogens is 2. The van der Waals surface area contributed by atoms with Crippen molar-refractivity contribution in [3.63, 3.8) is 0 Å². The van der Waals surface area contributed by atoms with Crippen LogP contribution in [0.25, 0.3) is 0 Å². The summed E-state index contributed by atoms with van der Waals surface area (Å²) in [6.07, 6.45) is 5.98. The lowest BCUT2D eigenvalue weighted by molar-refractivity contribution is 0.0289. The van der Waals surface area contributed by atoms with E-state index in [-0.39, 0.29) is 6.10 Å². The van der Waals surface area contributed by atoms with Gasteiger partial charge < -0.3 is 14.4 Å². The van der Waals surface area contributed by atoms with Crippen molar-refractivity contribution in [1.82, 2.24) is 14.9 Å². The molecule has 128 valence electrons. The molecule has 2 aliphatic rings. The predicted molar refractivity (Wildman–Crippen MR) is 90.0 cm³/mol. The lowest BCUT2D eigenvalue weighted by Gasteiger charge is -2.36. The molecule has 2 aliphatic heterocycles. The SMILES string of the molecule is CC(C)Oc1nccnc1N1CCC(CN2CCOCC2)CC1. The number of morpholine rings is 1. The van der Waals surface area contributed by atoms with E-state index >= 15 is 0 Å². The van der Waals surface area contributed by atoms with Crippen LogP contribution in [-0.2, 0) is 4.74 Å². The molecule has 0 radical (unpaired) electrons. The van der Waals surface area contributed by atoms with Crippen molar-refractivity contribution in [1.29, 1.82) is 0 Å². The molecule has 1 aromatic heterocycles. The molecular weight excluding hydrogens is 292 g/mol. The summed E-state index contributed by atoms with van der Waals surface area (Å²) >= 11 is 0. The number of nitrogens with zero attached hydrogens (tertiary/aromatic N) is 4. The molecule has 0 spiro atoms. The van der Waals surface area contributed by atoms with Crippen LogP contribution in [-0.4, -0.2) is 66.9 Å². The number of anilines is 1. The second-order valence-electron chi connectivity index (χ2n) is 6.70. The predicted octanol–water partition coefficient (Wildman–Crippen LogP) is 1.81. The van der Waals surface area contributed by atoms with E-state index in [0.29, 0.717) is 5.88 Å². The third-order valence-corrected chi connectivity index (χ3v) is 4.53. The van der Waals surface area contributed by atoms with Crippen LogP contribution in [0.1, 0.15) is 26.7 Å². The molecule has 1 aromatic rings. The van der Waals surface area contributed by atoms with Gasteiger partial charge in [0.1, 0.15) is 0 Å². The van der Waals surface area contributed by atoms with E-state index in [1.54, 1.807) is 12.4 Å². The Morgan fingerprint density at radius 3 is 2.52 bits per heavy atom. The molecule has 0 amide bonds. The monoisotopic (exact) mass is 320 g/mol. The van der Waals surface area contributed by atoms with Crippen LogP contribution in [0.3, 0.4) is 0 Å². The van der Waals surface area contributed by atoms with Gasteiger partial charge in [0.25, 0.3) is 5.88 Å². The van der Waals surface area contributed by atoms with Crippen LogP contribution in [0.4, 0.5) is 5.82 Å². The molecule has 3 heterocycles. The standard InChI is InChI=1S/C17H28N4O2/c1-14(2)23-17-16(18-5-6-19-17)21-7-3-15(4-8-21)13-20-9-11-22-12-10-20/h5-6,14-15H,3-4,7-13H2,1-2H3. The Morgan fingerprint density at radius 2 is 1.83 bits per heavy atom. The fraction of sp³-hybridized carbons (Fsp3) is 0.765. The van der Waals surface area contributed by atoms with Crippen molar-refractivity contribution in [2.75, 3.05) is 50.8 Å². The van der Waals surface area contributed by atoms with Gasteiger partial charge in [-0.05, 0) is 32.6 Å². The van der Waals surface area contributed by atoms with Crippen LogP contribution in [0.5, 0.6) is 5.88 Å². The number of ether oxygens (including phenoxy) is 2. The summed E-state index contributed by atoms with van der Waals surface area (Å²) in [4.78, 5) is 13.7. The fourth-order valence-electron chi connectivity index (χ4n) is 3.32. The second-order valence-corrected chi connectivity index (χ2v) is 6.70. The highest BCUT2D eigenvalue weighted by atomic mass is 16.5. The first-order valence-electron chi connectivity index (χ1n) is 8.75. The van der Waals surface area contributed by atoms with Crippen molar-refractivity contribution < 1.29 is 9.47 Å². The Bertz CT molecular complexity index is 483. The maximum absolute atomic E-state index is 5.81. The van der Waals surface area contributed by atoms with E-state index in [1.807, 2.05) is 13.8 Å². The molecule has 0 aliphatic carbocycles. The lowest BCUT2D eigenvalue weighted by atomic mass is 9.96. The summed E-state index contributed by atoms with van der Waals surface area (Å²) in [7, 11) is 0. The maximum Gasteiger partial charge on any atom is 0.257 e.